The molecule has 0 radical (unpaired) electrons. The van der Waals surface area contributed by atoms with Gasteiger partial charge in [0.15, 0.2) is 16.9 Å². The summed E-state index contributed by atoms with van der Waals surface area (Å²) in [6.07, 6.45) is 0.744. The molecule has 1 aliphatic rings. The van der Waals surface area contributed by atoms with Crippen molar-refractivity contribution in [2.75, 3.05) is 21.2 Å². The number of hydrogen-bond acceptors (Lipinski definition) is 6. The van der Waals surface area contributed by atoms with Crippen LogP contribution < -0.4 is 25.5 Å². The average molecular weight is 415 g/mol. The molecule has 0 aliphatic heterocycles. The number of hydrogen-bond donors (Lipinski definition) is 3. The van der Waals surface area contributed by atoms with Crippen LogP contribution in [-0.2, 0) is 11.2 Å². The predicted octanol–water partition coefficient (Wildman–Crippen LogP) is 1.92. The molecular weight excluding hydrogens is 388 g/mol. The number of aryl methyl sites for hydroxylation is 1. The number of carbonyl (C=O) groups excluding carboxylic acids is 2. The fraction of sp³-hybridized carbons (Fsp3) is 0.318. The van der Waals surface area contributed by atoms with Gasteiger partial charge in [0.1, 0.15) is 0 Å². The molecular formula is C22H24N2O6. The van der Waals surface area contributed by atoms with E-state index in [9.17, 15) is 19.5 Å². The molecule has 3 N–H and O–H groups in total. The van der Waals surface area contributed by atoms with Gasteiger partial charge in [-0.25, -0.2) is 0 Å². The summed E-state index contributed by atoms with van der Waals surface area (Å²) in [5, 5.41) is 15.7. The van der Waals surface area contributed by atoms with Crippen LogP contribution in [0.2, 0.25) is 0 Å². The monoisotopic (exact) mass is 415 g/mol. The van der Waals surface area contributed by atoms with Crippen molar-refractivity contribution in [2.45, 2.75) is 25.8 Å². The van der Waals surface area contributed by atoms with E-state index in [0.717, 1.165) is 0 Å². The lowest BCUT2D eigenvalue weighted by Crippen LogP contribution is -2.27. The van der Waals surface area contributed by atoms with Gasteiger partial charge in [0.05, 0.1) is 29.9 Å². The van der Waals surface area contributed by atoms with E-state index in [-0.39, 0.29) is 23.0 Å². The first kappa shape index (κ1) is 17.3. The molecule has 2 aromatic rings. The van der Waals surface area contributed by atoms with E-state index in [0.29, 0.717) is 35.1 Å². The van der Waals surface area contributed by atoms with Crippen molar-refractivity contribution in [3.05, 3.63) is 51.2 Å². The number of rotatable bonds is 4. The number of fused-ring (bicyclic) bond motifs is 3. The Bertz CT molecular complexity index is 1180. The molecule has 1 atom stereocenters. The van der Waals surface area contributed by atoms with Gasteiger partial charge in [-0.05, 0) is 47.7 Å². The summed E-state index contributed by atoms with van der Waals surface area (Å²) >= 11 is 0. The maximum absolute atomic E-state index is 12.9. The average Bonchev–Trinajstić information content (AvgIpc) is 2.96. The van der Waals surface area contributed by atoms with Crippen molar-refractivity contribution < 1.29 is 28.3 Å². The number of methoxy groups -OCH3 is 2. The molecule has 8 nitrogen and oxygen atoms in total. The van der Waals surface area contributed by atoms with Crippen molar-refractivity contribution in [2.24, 2.45) is 0 Å². The summed E-state index contributed by atoms with van der Waals surface area (Å²) in [4.78, 5) is 37.0. The fourth-order valence-electron chi connectivity index (χ4n) is 3.79. The first-order valence-electron chi connectivity index (χ1n) is 10.8. The molecule has 0 aromatic heterocycles. The van der Waals surface area contributed by atoms with Gasteiger partial charge in [-0.15, -0.1) is 0 Å². The number of aromatic hydroxyl groups is 1. The Morgan fingerprint density at radius 1 is 1.23 bits per heavy atom. The molecule has 0 saturated carbocycles. The maximum atomic E-state index is 12.9. The Hall–Kier alpha value is -3.55. The largest absolute Gasteiger partial charge is 0.504 e. The molecule has 0 spiro atoms. The summed E-state index contributed by atoms with van der Waals surface area (Å²) in [6, 6.07) is 4.98. The van der Waals surface area contributed by atoms with Crippen LogP contribution in [0.5, 0.6) is 17.2 Å². The normalized spacial score (nSPS) is 16.5. The molecule has 0 fully saturated rings. The van der Waals surface area contributed by atoms with Crippen LogP contribution in [0.1, 0.15) is 45.0 Å². The Morgan fingerprint density at radius 2 is 2.00 bits per heavy atom. The Morgan fingerprint density at radius 3 is 2.63 bits per heavy atom. The number of nitrogens with one attached hydrogen (secondary N) is 2. The SMILES string of the molecule is [2H]C([2H])([2H])Oc1c(O)cc2c(c1OC)-c1ccc(C(=O)NC)c(=O)cc1C(NC(C)=O)CC2. The lowest BCUT2D eigenvalue weighted by molar-refractivity contribution is -0.119. The maximum Gasteiger partial charge on any atom is 0.254 e. The van der Waals surface area contributed by atoms with Gasteiger partial charge in [0.25, 0.3) is 5.91 Å². The van der Waals surface area contributed by atoms with Crippen molar-refractivity contribution in [1.29, 1.82) is 0 Å². The second kappa shape index (κ2) is 8.44. The van der Waals surface area contributed by atoms with E-state index in [2.05, 4.69) is 10.6 Å². The van der Waals surface area contributed by atoms with Gasteiger partial charge in [-0.3, -0.25) is 14.4 Å². The van der Waals surface area contributed by atoms with E-state index < -0.39 is 30.2 Å². The minimum absolute atomic E-state index is 0.0361. The zero-order chi connectivity index (χ0) is 24.5. The van der Waals surface area contributed by atoms with E-state index in [1.54, 1.807) is 6.07 Å². The molecule has 0 bridgehead atoms. The van der Waals surface area contributed by atoms with Crippen LogP contribution in [0, 0.1) is 0 Å². The summed E-state index contributed by atoms with van der Waals surface area (Å²) < 4.78 is 32.8. The second-order valence-corrected chi connectivity index (χ2v) is 6.89. The van der Waals surface area contributed by atoms with Gasteiger partial charge in [-0.2, -0.15) is 0 Å². The van der Waals surface area contributed by atoms with Crippen LogP contribution in [0.4, 0.5) is 0 Å². The van der Waals surface area contributed by atoms with Gasteiger partial charge >= 0.3 is 0 Å². The molecule has 3 rings (SSSR count). The third kappa shape index (κ3) is 3.68. The first-order chi connectivity index (χ1) is 15.5. The first-order valence-corrected chi connectivity index (χ1v) is 9.26. The van der Waals surface area contributed by atoms with E-state index in [1.165, 1.54) is 39.3 Å². The molecule has 2 amide bonds. The second-order valence-electron chi connectivity index (χ2n) is 6.89. The minimum atomic E-state index is -2.86. The Labute approximate surface area is 178 Å². The number of amides is 2. The predicted molar refractivity (Wildman–Crippen MR) is 111 cm³/mol. The van der Waals surface area contributed by atoms with E-state index >= 15 is 0 Å². The lowest BCUT2D eigenvalue weighted by atomic mass is 9.95. The summed E-state index contributed by atoms with van der Waals surface area (Å²) in [5.74, 6) is -1.72. The molecule has 0 heterocycles. The highest BCUT2D eigenvalue weighted by molar-refractivity contribution is 5.94. The van der Waals surface area contributed by atoms with E-state index in [4.69, 9.17) is 13.6 Å². The van der Waals surface area contributed by atoms with E-state index in [1.807, 2.05) is 0 Å². The molecule has 1 aliphatic carbocycles. The van der Waals surface area contributed by atoms with Gasteiger partial charge in [0.2, 0.25) is 11.7 Å². The highest BCUT2D eigenvalue weighted by Gasteiger charge is 2.29. The van der Waals surface area contributed by atoms with Gasteiger partial charge < -0.3 is 25.2 Å². The van der Waals surface area contributed by atoms with Gasteiger partial charge in [0, 0.05) is 19.5 Å². The van der Waals surface area contributed by atoms with Crippen molar-refractivity contribution in [1.82, 2.24) is 10.6 Å². The zero-order valence-corrected chi connectivity index (χ0v) is 16.8. The number of phenolic OH excluding ortho intramolecular Hbond substituents is 1. The van der Waals surface area contributed by atoms with Crippen molar-refractivity contribution in [3.8, 4) is 28.4 Å². The van der Waals surface area contributed by atoms with Crippen molar-refractivity contribution in [3.63, 3.8) is 0 Å². The van der Waals surface area contributed by atoms with Crippen LogP contribution in [0.3, 0.4) is 0 Å². The summed E-state index contributed by atoms with van der Waals surface area (Å²) in [6.45, 7) is 1.35. The number of ether oxygens (including phenoxy) is 2. The number of phenols is 1. The third-order valence-corrected chi connectivity index (χ3v) is 5.08. The highest BCUT2D eigenvalue weighted by atomic mass is 16.5. The molecule has 0 saturated heterocycles. The summed E-state index contributed by atoms with van der Waals surface area (Å²) in [7, 11) is -0.157. The molecule has 30 heavy (non-hydrogen) atoms. The van der Waals surface area contributed by atoms with Crippen LogP contribution in [-0.4, -0.2) is 38.1 Å². The smallest absolute Gasteiger partial charge is 0.254 e. The number of carbonyl (C=O) groups is 2. The zero-order valence-electron chi connectivity index (χ0n) is 19.8. The van der Waals surface area contributed by atoms with Crippen LogP contribution >= 0.6 is 0 Å². The van der Waals surface area contributed by atoms with Crippen LogP contribution in [0.15, 0.2) is 29.1 Å². The molecule has 1 unspecified atom stereocenters. The summed E-state index contributed by atoms with van der Waals surface area (Å²) in [5.41, 5.74) is 1.19. The standard InChI is InChI=1S/C22H24N2O6/c1-11(25)24-16-8-5-12-9-18(27)20(29-3)21(30-4)19(12)13-6-7-14(22(28)23-2)17(26)10-15(13)16/h6-7,9-10,16,27H,5,8H2,1-4H3,(H,23,28)(H,24,25)/i3D3. The highest BCUT2D eigenvalue weighted by Crippen LogP contribution is 2.49. The Balaban J connectivity index is 2.41. The number of benzene rings is 1. The fourth-order valence-corrected chi connectivity index (χ4v) is 3.79. The molecule has 2 aromatic carbocycles. The molecule has 158 valence electrons. The molecule has 8 heteroatoms. The Kier molecular flexibility index (Phi) is 4.87. The topological polar surface area (TPSA) is 114 Å². The van der Waals surface area contributed by atoms with Crippen LogP contribution in [0.25, 0.3) is 11.1 Å². The van der Waals surface area contributed by atoms with Gasteiger partial charge in [-0.1, -0.05) is 6.07 Å². The lowest BCUT2D eigenvalue weighted by Gasteiger charge is -2.18. The quantitative estimate of drug-likeness (QED) is 0.703. The minimum Gasteiger partial charge on any atom is -0.504 e. The van der Waals surface area contributed by atoms with Crippen molar-refractivity contribution >= 4 is 11.8 Å². The third-order valence-electron chi connectivity index (χ3n) is 5.08.